The third-order valence-corrected chi connectivity index (χ3v) is 4.46. The Hall–Kier alpha value is -1.87. The molecule has 0 amide bonds. The van der Waals surface area contributed by atoms with Crippen molar-refractivity contribution in [3.63, 3.8) is 0 Å². The molecule has 0 aliphatic carbocycles. The highest BCUT2D eigenvalue weighted by atomic mass is 19.1. The molecule has 2 aromatic rings. The second-order valence-corrected chi connectivity index (χ2v) is 5.91. The van der Waals surface area contributed by atoms with E-state index >= 15 is 0 Å². The van der Waals surface area contributed by atoms with Gasteiger partial charge in [0.05, 0.1) is 7.11 Å². The molecule has 0 aromatic heterocycles. The fourth-order valence-electron chi connectivity index (χ4n) is 3.32. The summed E-state index contributed by atoms with van der Waals surface area (Å²) in [6.45, 7) is 7.37. The van der Waals surface area contributed by atoms with Crippen molar-refractivity contribution in [1.29, 1.82) is 0 Å². The van der Waals surface area contributed by atoms with Gasteiger partial charge < -0.3 is 4.74 Å². The van der Waals surface area contributed by atoms with Gasteiger partial charge in [-0.1, -0.05) is 24.6 Å². The number of aryl methyl sites for hydroxylation is 1. The highest BCUT2D eigenvalue weighted by Gasteiger charge is 2.20. The molecule has 3 heteroatoms. The van der Waals surface area contributed by atoms with Gasteiger partial charge >= 0.3 is 0 Å². The van der Waals surface area contributed by atoms with Gasteiger partial charge in [0.15, 0.2) is 0 Å². The minimum absolute atomic E-state index is 0.225. The maximum atomic E-state index is 13.8. The minimum atomic E-state index is -0.225. The number of rotatable bonds is 3. The standard InChI is InChI=1S/C19H22FNO/c1-4-21-8-7-16-14(12-21)9-13(2)10-17(16)18-11-15(20)5-6-19(18)22-3/h5-6,9-11H,4,7-8,12H2,1-3H3. The quantitative estimate of drug-likeness (QED) is 0.842. The molecule has 1 aliphatic heterocycles. The summed E-state index contributed by atoms with van der Waals surface area (Å²) in [4.78, 5) is 2.44. The molecule has 2 nitrogen and oxygen atoms in total. The number of hydrogen-bond donors (Lipinski definition) is 0. The molecule has 0 unspecified atom stereocenters. The average Bonchev–Trinajstić information content (AvgIpc) is 2.53. The van der Waals surface area contributed by atoms with E-state index in [-0.39, 0.29) is 5.82 Å². The molecule has 0 saturated carbocycles. The van der Waals surface area contributed by atoms with Crippen molar-refractivity contribution in [3.8, 4) is 16.9 Å². The molecule has 22 heavy (non-hydrogen) atoms. The molecule has 116 valence electrons. The fraction of sp³-hybridized carbons (Fsp3) is 0.368. The van der Waals surface area contributed by atoms with E-state index in [0.29, 0.717) is 0 Å². The summed E-state index contributed by atoms with van der Waals surface area (Å²) in [7, 11) is 1.64. The lowest BCUT2D eigenvalue weighted by molar-refractivity contribution is 0.268. The van der Waals surface area contributed by atoms with E-state index in [4.69, 9.17) is 4.74 Å². The van der Waals surface area contributed by atoms with Crippen molar-refractivity contribution in [3.05, 3.63) is 52.8 Å². The molecule has 0 fully saturated rings. The first-order chi connectivity index (χ1) is 10.6. The highest BCUT2D eigenvalue weighted by molar-refractivity contribution is 5.75. The molecule has 1 heterocycles. The van der Waals surface area contributed by atoms with Crippen molar-refractivity contribution in [2.24, 2.45) is 0 Å². The Balaban J connectivity index is 2.16. The Morgan fingerprint density at radius 1 is 1.18 bits per heavy atom. The normalized spacial score (nSPS) is 14.7. The number of halogens is 1. The summed E-state index contributed by atoms with van der Waals surface area (Å²) in [5.41, 5.74) is 5.86. The van der Waals surface area contributed by atoms with Crippen molar-refractivity contribution < 1.29 is 9.13 Å². The molecule has 0 N–H and O–H groups in total. The predicted molar refractivity (Wildman–Crippen MR) is 87.8 cm³/mol. The van der Waals surface area contributed by atoms with Crippen LogP contribution in [0.5, 0.6) is 5.75 Å². The van der Waals surface area contributed by atoms with E-state index in [2.05, 4.69) is 30.9 Å². The molecule has 0 saturated heterocycles. The molecule has 1 aliphatic rings. The van der Waals surface area contributed by atoms with Crippen LogP contribution in [0.1, 0.15) is 23.6 Å². The lowest BCUT2D eigenvalue weighted by atomic mass is 9.88. The molecule has 0 spiro atoms. The number of hydrogen-bond acceptors (Lipinski definition) is 2. The summed E-state index contributed by atoms with van der Waals surface area (Å²) in [6.07, 6.45) is 0.998. The van der Waals surface area contributed by atoms with E-state index in [1.807, 2.05) is 0 Å². The average molecular weight is 299 g/mol. The number of fused-ring (bicyclic) bond motifs is 1. The van der Waals surface area contributed by atoms with Gasteiger partial charge in [-0.15, -0.1) is 0 Å². The Morgan fingerprint density at radius 3 is 2.73 bits per heavy atom. The number of methoxy groups -OCH3 is 1. The zero-order valence-electron chi connectivity index (χ0n) is 13.4. The molecule has 0 radical (unpaired) electrons. The van der Waals surface area contributed by atoms with Crippen LogP contribution in [0.25, 0.3) is 11.1 Å². The third kappa shape index (κ3) is 2.73. The Bertz CT molecular complexity index is 696. The summed E-state index contributed by atoms with van der Waals surface area (Å²) in [6, 6.07) is 9.15. The molecule has 3 rings (SSSR count). The van der Waals surface area contributed by atoms with Crippen LogP contribution in [0.3, 0.4) is 0 Å². The number of likely N-dealkylation sites (N-methyl/N-ethyl adjacent to an activating group) is 1. The summed E-state index contributed by atoms with van der Waals surface area (Å²) in [5.74, 6) is 0.504. The van der Waals surface area contributed by atoms with E-state index in [1.165, 1.54) is 22.8 Å². The van der Waals surface area contributed by atoms with Crippen LogP contribution < -0.4 is 4.74 Å². The van der Waals surface area contributed by atoms with Crippen molar-refractivity contribution in [2.75, 3.05) is 20.2 Å². The molecular weight excluding hydrogens is 277 g/mol. The summed E-state index contributed by atoms with van der Waals surface area (Å²) in [5, 5.41) is 0. The lowest BCUT2D eigenvalue weighted by Crippen LogP contribution is -2.30. The zero-order valence-corrected chi connectivity index (χ0v) is 13.4. The van der Waals surface area contributed by atoms with Crippen molar-refractivity contribution >= 4 is 0 Å². The van der Waals surface area contributed by atoms with E-state index in [1.54, 1.807) is 19.2 Å². The van der Waals surface area contributed by atoms with E-state index < -0.39 is 0 Å². The van der Waals surface area contributed by atoms with Gasteiger partial charge in [0.25, 0.3) is 0 Å². The summed E-state index contributed by atoms with van der Waals surface area (Å²) < 4.78 is 19.2. The van der Waals surface area contributed by atoms with Gasteiger partial charge in [0.1, 0.15) is 11.6 Å². The Kier molecular flexibility index (Phi) is 4.16. The molecule has 0 atom stereocenters. The Labute approximate surface area is 131 Å². The first-order valence-corrected chi connectivity index (χ1v) is 7.81. The van der Waals surface area contributed by atoms with Crippen molar-refractivity contribution in [2.45, 2.75) is 26.8 Å². The van der Waals surface area contributed by atoms with Crippen molar-refractivity contribution in [1.82, 2.24) is 4.90 Å². The second-order valence-electron chi connectivity index (χ2n) is 5.91. The smallest absolute Gasteiger partial charge is 0.126 e. The van der Waals surface area contributed by atoms with Gasteiger partial charge in [-0.2, -0.15) is 0 Å². The number of benzene rings is 2. The minimum Gasteiger partial charge on any atom is -0.496 e. The van der Waals surface area contributed by atoms with Gasteiger partial charge in [0, 0.05) is 18.7 Å². The Morgan fingerprint density at radius 2 is 2.00 bits per heavy atom. The van der Waals surface area contributed by atoms with Crippen LogP contribution in [-0.4, -0.2) is 25.1 Å². The molecule has 0 bridgehead atoms. The zero-order chi connectivity index (χ0) is 15.7. The van der Waals surface area contributed by atoms with E-state index in [9.17, 15) is 4.39 Å². The highest BCUT2D eigenvalue weighted by Crippen LogP contribution is 2.37. The topological polar surface area (TPSA) is 12.5 Å². The monoisotopic (exact) mass is 299 g/mol. The first-order valence-electron chi connectivity index (χ1n) is 7.81. The van der Waals surface area contributed by atoms with Crippen LogP contribution >= 0.6 is 0 Å². The largest absolute Gasteiger partial charge is 0.496 e. The summed E-state index contributed by atoms with van der Waals surface area (Å²) >= 11 is 0. The first kappa shape index (κ1) is 15.0. The fourth-order valence-corrected chi connectivity index (χ4v) is 3.32. The van der Waals surface area contributed by atoms with Crippen LogP contribution in [0, 0.1) is 12.7 Å². The van der Waals surface area contributed by atoms with E-state index in [0.717, 1.165) is 42.9 Å². The maximum absolute atomic E-state index is 13.8. The lowest BCUT2D eigenvalue weighted by Gasteiger charge is -2.30. The van der Waals surface area contributed by atoms with Crippen LogP contribution in [0.4, 0.5) is 4.39 Å². The van der Waals surface area contributed by atoms with Gasteiger partial charge in [-0.25, -0.2) is 4.39 Å². The third-order valence-electron chi connectivity index (χ3n) is 4.46. The van der Waals surface area contributed by atoms with Gasteiger partial charge in [-0.05, 0) is 54.8 Å². The van der Waals surface area contributed by atoms with Crippen LogP contribution in [0.15, 0.2) is 30.3 Å². The van der Waals surface area contributed by atoms with Crippen LogP contribution in [-0.2, 0) is 13.0 Å². The molecule has 2 aromatic carbocycles. The number of nitrogens with zero attached hydrogens (tertiary/aromatic N) is 1. The predicted octanol–water partition coefficient (Wildman–Crippen LogP) is 4.19. The molecular formula is C19H22FNO. The second kappa shape index (κ2) is 6.09. The SMILES string of the molecule is CCN1CCc2c(cc(C)cc2-c2cc(F)ccc2OC)C1. The van der Waals surface area contributed by atoms with Gasteiger partial charge in [-0.3, -0.25) is 4.90 Å². The number of ether oxygens (including phenoxy) is 1. The van der Waals surface area contributed by atoms with Gasteiger partial charge in [0.2, 0.25) is 0 Å². The maximum Gasteiger partial charge on any atom is 0.126 e. The van der Waals surface area contributed by atoms with Crippen LogP contribution in [0.2, 0.25) is 0 Å².